The average molecular weight is 113 g/mol. The van der Waals surface area contributed by atoms with Crippen LogP contribution in [0, 0.1) is 0 Å². The molecule has 0 saturated heterocycles. The Kier molecular flexibility index (Phi) is 4.05. The fourth-order valence-corrected chi connectivity index (χ4v) is 0.491. The Hall–Kier alpha value is 0.536. The molecule has 2 heteroatoms. The molecule has 0 aromatic rings. The summed E-state index contributed by atoms with van der Waals surface area (Å²) in [5, 5.41) is 0. The van der Waals surface area contributed by atoms with Gasteiger partial charge >= 0.3 is 19.3 Å². The smallest absolute Gasteiger partial charge is 0.336 e. The Morgan fingerprint density at radius 3 is 2.33 bits per heavy atom. The van der Waals surface area contributed by atoms with Crippen molar-refractivity contribution in [3.63, 3.8) is 0 Å². The van der Waals surface area contributed by atoms with Gasteiger partial charge in [0, 0.05) is 0 Å². The maximum absolute atomic E-state index is 5.42. The maximum atomic E-state index is 5.42. The van der Waals surface area contributed by atoms with Crippen molar-refractivity contribution in [3.8, 4) is 0 Å². The Labute approximate surface area is 51.4 Å². The van der Waals surface area contributed by atoms with Gasteiger partial charge in [-0.2, -0.15) is 3.70 Å². The van der Waals surface area contributed by atoms with Crippen molar-refractivity contribution in [2.45, 2.75) is 0 Å². The molecule has 0 radical (unpaired) electrons. The van der Waals surface area contributed by atoms with Crippen molar-refractivity contribution in [2.24, 2.45) is 0 Å². The lowest BCUT2D eigenvalue weighted by Gasteiger charge is -1.78. The molecule has 30 valence electrons. The predicted octanol–water partition coefficient (Wildman–Crippen LogP) is 1.54. The van der Waals surface area contributed by atoms with E-state index in [9.17, 15) is 0 Å². The minimum absolute atomic E-state index is 0.502. The van der Waals surface area contributed by atoms with Crippen molar-refractivity contribution >= 4 is 28.3 Å². The highest BCUT2D eigenvalue weighted by Gasteiger charge is 1.86. The van der Waals surface area contributed by atoms with Crippen LogP contribution in [0.3, 0.4) is 0 Å². The van der Waals surface area contributed by atoms with Gasteiger partial charge in [0.2, 0.25) is 0 Å². The normalized spacial score (nSPS) is 6.17. The van der Waals surface area contributed by atoms with E-state index in [0.29, 0.717) is 0 Å². The van der Waals surface area contributed by atoms with E-state index in [0.717, 1.165) is 3.70 Å². The molecule has 0 aliphatic carbocycles. The summed E-state index contributed by atoms with van der Waals surface area (Å²) >= 11 is -0.502. The van der Waals surface area contributed by atoms with Crippen LogP contribution in [0.25, 0.3) is 0 Å². The summed E-state index contributed by atoms with van der Waals surface area (Å²) in [5.74, 6) is 0. The van der Waals surface area contributed by atoms with Gasteiger partial charge in [0.15, 0.2) is 0 Å². The van der Waals surface area contributed by atoms with Gasteiger partial charge in [0.25, 0.3) is 0 Å². The molecule has 0 atom stereocenters. The highest BCUT2D eigenvalue weighted by molar-refractivity contribution is 6.98. The van der Waals surface area contributed by atoms with Gasteiger partial charge in [0.05, 0.1) is 0 Å². The Morgan fingerprint density at radius 2 is 2.33 bits per heavy atom. The van der Waals surface area contributed by atoms with E-state index in [4.69, 9.17) is 9.07 Å². The van der Waals surface area contributed by atoms with Crippen molar-refractivity contribution in [1.82, 2.24) is 0 Å². The van der Waals surface area contributed by atoms with Crippen LogP contribution in [0.2, 0.25) is 0 Å². The lowest BCUT2D eigenvalue weighted by atomic mass is 10.6. The molecule has 0 spiro atoms. The zero-order valence-corrected chi connectivity index (χ0v) is 5.75. The molecule has 0 fully saturated rings. The molecular weight excluding hydrogens is 108 g/mol. The second-order valence-electron chi connectivity index (χ2n) is 0.996. The molecule has 0 aromatic carbocycles. The van der Waals surface area contributed by atoms with E-state index in [2.05, 4.69) is 13.2 Å². The first-order valence-corrected chi connectivity index (χ1v) is 4.52. The van der Waals surface area contributed by atoms with Crippen LogP contribution in [0.1, 0.15) is 0 Å². The minimum Gasteiger partial charge on any atom is -0.336 e. The number of hydrogen-bond acceptors (Lipinski definition) is 0. The molecule has 0 aliphatic rings. The lowest BCUT2D eigenvalue weighted by Crippen LogP contribution is -1.75. The zero-order valence-electron chi connectivity index (χ0n) is 3.58. The molecule has 0 unspecified atom stereocenters. The molecule has 0 rings (SSSR count). The summed E-state index contributed by atoms with van der Waals surface area (Å²) in [6.07, 6.45) is 1.71. The van der Waals surface area contributed by atoms with Gasteiger partial charge in [-0.1, -0.05) is 6.08 Å². The highest BCUT2D eigenvalue weighted by Crippen LogP contribution is 1.87. The fraction of sp³-hybridized carbons (Fsp3) is 0. The summed E-state index contributed by atoms with van der Waals surface area (Å²) in [7, 11) is 5.42. The van der Waals surface area contributed by atoms with E-state index in [-0.39, 0.29) is 0 Å². The summed E-state index contributed by atoms with van der Waals surface area (Å²) in [6, 6.07) is 0. The molecule has 0 aromatic heterocycles. The third-order valence-electron chi connectivity index (χ3n) is 0.460. The molecule has 0 N–H and O–H groups in total. The first-order valence-electron chi connectivity index (χ1n) is 1.67. The maximum Gasteiger partial charge on any atom is 0.537 e. The van der Waals surface area contributed by atoms with E-state index < -0.39 is 19.3 Å². The summed E-state index contributed by atoms with van der Waals surface area (Å²) in [4.78, 5) is 0. The van der Waals surface area contributed by atoms with Gasteiger partial charge in [-0.25, -0.2) is 0 Å². The lowest BCUT2D eigenvalue weighted by molar-refractivity contribution is 2.02. The van der Waals surface area contributed by atoms with Gasteiger partial charge in [0.1, 0.15) is 0 Å². The molecule has 0 bridgehead atoms. The van der Waals surface area contributed by atoms with E-state index in [1.807, 2.05) is 0 Å². The Balaban J connectivity index is 3.23. The van der Waals surface area contributed by atoms with Crippen molar-refractivity contribution in [2.75, 3.05) is 0 Å². The highest BCUT2D eigenvalue weighted by atomic mass is 35.5. The number of halogens is 1. The largest absolute Gasteiger partial charge is 0.537 e. The molecular formula is C4H5ClMg. The van der Waals surface area contributed by atoms with Crippen LogP contribution in [-0.4, -0.2) is 19.3 Å². The Bertz CT molecular complexity index is 67.9. The van der Waals surface area contributed by atoms with Crippen molar-refractivity contribution in [3.05, 3.63) is 22.9 Å². The minimum atomic E-state index is -0.502. The second-order valence-corrected chi connectivity index (χ2v) is 2.97. The molecule has 0 heterocycles. The number of hydrogen-bond donors (Lipinski definition) is 0. The summed E-state index contributed by atoms with van der Waals surface area (Å²) < 4.78 is 1.01. The molecule has 0 amide bonds. The molecule has 0 aliphatic heterocycles. The van der Waals surface area contributed by atoms with E-state index in [1.165, 1.54) is 0 Å². The van der Waals surface area contributed by atoms with Crippen molar-refractivity contribution < 1.29 is 0 Å². The zero-order chi connectivity index (χ0) is 4.99. The third-order valence-corrected chi connectivity index (χ3v) is 2.12. The first kappa shape index (κ1) is 6.54. The number of rotatable bonds is 2. The standard InChI is InChI=1S/C4H5.ClH.Mg/c1-3-4-2;;/h3H,1-2H2;1H;/q;;+1/p-1. The Morgan fingerprint density at radius 1 is 1.83 bits per heavy atom. The monoisotopic (exact) mass is 112 g/mol. The summed E-state index contributed by atoms with van der Waals surface area (Å²) in [5.41, 5.74) is 0. The SMILES string of the molecule is C=C[C](=C)[Mg][Cl]. The first-order chi connectivity index (χ1) is 2.81. The van der Waals surface area contributed by atoms with Crippen LogP contribution in [0.4, 0.5) is 0 Å². The van der Waals surface area contributed by atoms with Crippen molar-refractivity contribution in [1.29, 1.82) is 0 Å². The molecule has 6 heavy (non-hydrogen) atoms. The van der Waals surface area contributed by atoms with Gasteiger partial charge in [-0.05, 0) is 0 Å². The summed E-state index contributed by atoms with van der Waals surface area (Å²) in [6.45, 7) is 7.09. The van der Waals surface area contributed by atoms with Gasteiger partial charge < -0.3 is 9.07 Å². The quantitative estimate of drug-likeness (QED) is 0.376. The van der Waals surface area contributed by atoms with Crippen LogP contribution in [0.15, 0.2) is 22.9 Å². The van der Waals surface area contributed by atoms with Gasteiger partial charge in [-0.3, -0.25) is 0 Å². The second kappa shape index (κ2) is 3.72. The van der Waals surface area contributed by atoms with E-state index >= 15 is 0 Å². The van der Waals surface area contributed by atoms with Crippen LogP contribution in [0.5, 0.6) is 0 Å². The van der Waals surface area contributed by atoms with Crippen LogP contribution >= 0.6 is 9.07 Å². The topological polar surface area (TPSA) is 0 Å². The number of allylic oxidation sites excluding steroid dienone is 2. The fourth-order valence-electron chi connectivity index (χ4n) is 0.0546. The third kappa shape index (κ3) is 2.76. The molecule has 0 nitrogen and oxygen atoms in total. The van der Waals surface area contributed by atoms with Crippen LogP contribution < -0.4 is 0 Å². The van der Waals surface area contributed by atoms with E-state index in [1.54, 1.807) is 6.08 Å². The average Bonchev–Trinajstić information content (AvgIpc) is 1.65. The van der Waals surface area contributed by atoms with Gasteiger partial charge in [-0.15, -0.1) is 13.2 Å². The predicted molar refractivity (Wildman–Crippen MR) is 30.9 cm³/mol. The molecule has 0 saturated carbocycles. The van der Waals surface area contributed by atoms with Crippen LogP contribution in [-0.2, 0) is 0 Å².